The van der Waals surface area contributed by atoms with Crippen LogP contribution in [0.25, 0.3) is 5.69 Å². The maximum absolute atomic E-state index is 13.1. The van der Waals surface area contributed by atoms with Crippen LogP contribution in [-0.2, 0) is 14.3 Å². The van der Waals surface area contributed by atoms with Crippen molar-refractivity contribution in [2.75, 3.05) is 4.90 Å². The van der Waals surface area contributed by atoms with E-state index in [0.29, 0.717) is 10.8 Å². The summed E-state index contributed by atoms with van der Waals surface area (Å²) in [4.78, 5) is 31.5. The number of imidazole rings is 1. The van der Waals surface area contributed by atoms with E-state index in [4.69, 9.17) is 27.9 Å². The van der Waals surface area contributed by atoms with Crippen molar-refractivity contribution >= 4 is 40.7 Å². The number of nitrogens with zero attached hydrogens (tertiary/aromatic N) is 3. The number of aromatic nitrogens is 2. The summed E-state index contributed by atoms with van der Waals surface area (Å²) in [6.45, 7) is 3.90. The number of fused-ring (bicyclic) bond motifs is 5. The topological polar surface area (TPSA) is 64.4 Å². The Kier molecular flexibility index (Phi) is 3.41. The summed E-state index contributed by atoms with van der Waals surface area (Å²) in [7, 11) is 0. The molecule has 3 aliphatic heterocycles. The summed E-state index contributed by atoms with van der Waals surface area (Å²) in [5.74, 6) is -1.17. The Balaban J connectivity index is 1.50. The number of amides is 2. The van der Waals surface area contributed by atoms with Gasteiger partial charge >= 0.3 is 0 Å². The molecule has 5 rings (SSSR count). The van der Waals surface area contributed by atoms with Crippen molar-refractivity contribution in [3.05, 3.63) is 40.9 Å². The van der Waals surface area contributed by atoms with Gasteiger partial charge in [-0.15, -0.1) is 0 Å². The molecule has 4 heterocycles. The number of benzene rings is 1. The summed E-state index contributed by atoms with van der Waals surface area (Å²) in [5, 5.41) is 0.525. The molecule has 2 bridgehead atoms. The Morgan fingerprint density at radius 2 is 1.52 bits per heavy atom. The van der Waals surface area contributed by atoms with Crippen LogP contribution in [0.2, 0.25) is 10.3 Å². The lowest BCUT2D eigenvalue weighted by Gasteiger charge is -2.27. The van der Waals surface area contributed by atoms with E-state index in [1.54, 1.807) is 28.8 Å². The van der Waals surface area contributed by atoms with Crippen molar-refractivity contribution in [3.63, 3.8) is 0 Å². The van der Waals surface area contributed by atoms with Crippen molar-refractivity contribution < 1.29 is 14.3 Å². The van der Waals surface area contributed by atoms with Gasteiger partial charge in [0.25, 0.3) is 0 Å². The zero-order valence-electron chi connectivity index (χ0n) is 14.8. The second-order valence-electron chi connectivity index (χ2n) is 7.91. The molecule has 0 saturated carbocycles. The summed E-state index contributed by atoms with van der Waals surface area (Å²) in [6, 6.07) is 7.04. The third-order valence-corrected chi connectivity index (χ3v) is 6.99. The molecule has 140 valence electrons. The molecule has 2 amide bonds. The Hall–Kier alpha value is -1.89. The zero-order chi connectivity index (χ0) is 19.1. The molecule has 8 heteroatoms. The van der Waals surface area contributed by atoms with Crippen LogP contribution < -0.4 is 4.90 Å². The Labute approximate surface area is 166 Å². The number of rotatable bonds is 2. The average molecular weight is 406 g/mol. The van der Waals surface area contributed by atoms with Gasteiger partial charge in [-0.3, -0.25) is 14.2 Å². The van der Waals surface area contributed by atoms with Crippen molar-refractivity contribution in [3.8, 4) is 5.69 Å². The van der Waals surface area contributed by atoms with Crippen LogP contribution in [0.1, 0.15) is 26.7 Å². The van der Waals surface area contributed by atoms with Crippen LogP contribution in [-0.4, -0.2) is 32.6 Å². The number of ether oxygens (including phenoxy) is 1. The molecule has 3 aliphatic rings. The van der Waals surface area contributed by atoms with Crippen LogP contribution in [0.3, 0.4) is 0 Å². The van der Waals surface area contributed by atoms with Crippen molar-refractivity contribution in [1.82, 2.24) is 9.55 Å². The van der Waals surface area contributed by atoms with Crippen molar-refractivity contribution in [1.29, 1.82) is 0 Å². The van der Waals surface area contributed by atoms with Crippen molar-refractivity contribution in [2.24, 2.45) is 11.8 Å². The molecule has 4 atom stereocenters. The first-order valence-corrected chi connectivity index (χ1v) is 9.57. The van der Waals surface area contributed by atoms with Gasteiger partial charge in [0, 0.05) is 5.69 Å². The van der Waals surface area contributed by atoms with Gasteiger partial charge in [0.1, 0.15) is 6.33 Å². The molecule has 0 radical (unpaired) electrons. The number of halogens is 2. The number of hydrogen-bond donors (Lipinski definition) is 0. The van der Waals surface area contributed by atoms with E-state index in [0.717, 1.165) is 18.5 Å². The highest BCUT2D eigenvalue weighted by molar-refractivity contribution is 6.40. The van der Waals surface area contributed by atoms with Crippen LogP contribution in [0, 0.1) is 11.8 Å². The van der Waals surface area contributed by atoms with Crippen LogP contribution in [0.15, 0.2) is 30.6 Å². The van der Waals surface area contributed by atoms with Gasteiger partial charge in [-0.25, -0.2) is 9.88 Å². The molecule has 3 saturated heterocycles. The van der Waals surface area contributed by atoms with Gasteiger partial charge < -0.3 is 4.74 Å². The minimum atomic E-state index is -0.554. The van der Waals surface area contributed by atoms with Crippen molar-refractivity contribution in [2.45, 2.75) is 37.9 Å². The second-order valence-corrected chi connectivity index (χ2v) is 8.62. The predicted octanol–water partition coefficient (Wildman–Crippen LogP) is 3.63. The predicted molar refractivity (Wildman–Crippen MR) is 100 cm³/mol. The highest BCUT2D eigenvalue weighted by Gasteiger charge is 2.72. The van der Waals surface area contributed by atoms with Gasteiger partial charge in [0.2, 0.25) is 11.8 Å². The molecule has 27 heavy (non-hydrogen) atoms. The smallest absolute Gasteiger partial charge is 0.240 e. The fourth-order valence-electron chi connectivity index (χ4n) is 4.98. The zero-order valence-corrected chi connectivity index (χ0v) is 16.3. The molecule has 6 nitrogen and oxygen atoms in total. The summed E-state index contributed by atoms with van der Waals surface area (Å²) in [5.41, 5.74) is 0.186. The molecule has 0 spiro atoms. The van der Waals surface area contributed by atoms with E-state index in [9.17, 15) is 9.59 Å². The third kappa shape index (κ3) is 2.15. The van der Waals surface area contributed by atoms with E-state index in [-0.39, 0.29) is 17.0 Å². The standard InChI is InChI=1S/C19H17Cl2N3O3/c1-18-7-8-19(2,27-18)13-12(18)16(25)24(17(13)26)11-5-3-10(4-6-11)23-9-22-14(20)15(23)21/h3-6,9,12-13H,7-8H2,1-2H3. The highest BCUT2D eigenvalue weighted by Crippen LogP contribution is 2.60. The first kappa shape index (κ1) is 17.2. The lowest BCUT2D eigenvalue weighted by molar-refractivity contribution is -0.129. The first-order valence-electron chi connectivity index (χ1n) is 8.82. The number of anilines is 1. The minimum absolute atomic E-state index is 0.174. The Bertz CT molecular complexity index is 955. The third-order valence-electron chi connectivity index (χ3n) is 6.26. The van der Waals surface area contributed by atoms with Gasteiger partial charge in [-0.1, -0.05) is 23.2 Å². The second kappa shape index (κ2) is 5.34. The molecule has 0 aliphatic carbocycles. The normalized spacial score (nSPS) is 34.6. The summed E-state index contributed by atoms with van der Waals surface area (Å²) in [6.07, 6.45) is 3.12. The largest absolute Gasteiger partial charge is 0.367 e. The molecular weight excluding hydrogens is 389 g/mol. The lowest BCUT2D eigenvalue weighted by Crippen LogP contribution is -2.40. The molecule has 3 fully saturated rings. The van der Waals surface area contributed by atoms with Gasteiger partial charge in [0.05, 0.1) is 28.7 Å². The molecular formula is C19H17Cl2N3O3. The van der Waals surface area contributed by atoms with E-state index >= 15 is 0 Å². The molecule has 4 unspecified atom stereocenters. The molecule has 1 aromatic carbocycles. The molecule has 2 aromatic rings. The summed E-state index contributed by atoms with van der Waals surface area (Å²) >= 11 is 12.0. The van der Waals surface area contributed by atoms with Gasteiger partial charge in [-0.05, 0) is 51.0 Å². The molecule has 1 aromatic heterocycles. The Morgan fingerprint density at radius 3 is 2.00 bits per heavy atom. The average Bonchev–Trinajstić information content (AvgIpc) is 3.29. The van der Waals surface area contributed by atoms with Crippen LogP contribution >= 0.6 is 23.2 Å². The summed E-state index contributed by atoms with van der Waals surface area (Å²) < 4.78 is 7.76. The Morgan fingerprint density at radius 1 is 1.00 bits per heavy atom. The van der Waals surface area contributed by atoms with E-state index < -0.39 is 23.0 Å². The van der Waals surface area contributed by atoms with Gasteiger partial charge in [0.15, 0.2) is 10.3 Å². The lowest BCUT2D eigenvalue weighted by atomic mass is 9.69. The highest BCUT2D eigenvalue weighted by atomic mass is 35.5. The SMILES string of the molecule is CC12CCC(C)(O1)C1C(=O)N(c3ccc(-n4cnc(Cl)c4Cl)cc3)C(=O)C12. The number of carbonyl (C=O) groups excluding carboxylic acids is 2. The number of imide groups is 1. The monoisotopic (exact) mass is 405 g/mol. The quantitative estimate of drug-likeness (QED) is 0.715. The maximum Gasteiger partial charge on any atom is 0.240 e. The number of carbonyl (C=O) groups is 2. The molecule has 0 N–H and O–H groups in total. The van der Waals surface area contributed by atoms with E-state index in [1.807, 2.05) is 13.8 Å². The van der Waals surface area contributed by atoms with Gasteiger partial charge in [-0.2, -0.15) is 0 Å². The van der Waals surface area contributed by atoms with Crippen LogP contribution in [0.4, 0.5) is 5.69 Å². The fourth-order valence-corrected chi connectivity index (χ4v) is 5.30. The van der Waals surface area contributed by atoms with Crippen LogP contribution in [0.5, 0.6) is 0 Å². The minimum Gasteiger partial charge on any atom is -0.367 e. The fraction of sp³-hybridized carbons (Fsp3) is 0.421. The van der Waals surface area contributed by atoms with E-state index in [1.165, 1.54) is 11.2 Å². The number of hydrogen-bond acceptors (Lipinski definition) is 4. The van der Waals surface area contributed by atoms with E-state index in [2.05, 4.69) is 4.98 Å². The maximum atomic E-state index is 13.1. The first-order chi connectivity index (χ1) is 12.8.